The first-order chi connectivity index (χ1) is 49.2. The quantitative estimate of drug-likeness (QED) is 0.126. The van der Waals surface area contributed by atoms with E-state index in [-0.39, 0.29) is 35.1 Å². The molecule has 4 aliphatic heterocycles. The second-order valence-electron chi connectivity index (χ2n) is 32.3. The maximum absolute atomic E-state index is 2.61. The van der Waals surface area contributed by atoms with Crippen molar-refractivity contribution in [1.82, 2.24) is 0 Å². The van der Waals surface area contributed by atoms with Crippen LogP contribution in [-0.2, 0) is 21.7 Å². The molecular weight excluding hydrogens is 1230 g/mol. The highest BCUT2D eigenvalue weighted by Gasteiger charge is 2.49. The van der Waals surface area contributed by atoms with Gasteiger partial charge in [-0.3, -0.25) is 0 Å². The topological polar surface area (TPSA) is 19.4 Å². The zero-order chi connectivity index (χ0) is 70.1. The van der Waals surface area contributed by atoms with E-state index < -0.39 is 0 Å². The van der Waals surface area contributed by atoms with Crippen LogP contribution < -0.4 is 62.2 Å². The second-order valence-corrected chi connectivity index (χ2v) is 32.3. The first-order valence-electron chi connectivity index (χ1n) is 36.3. The molecule has 0 aliphatic carbocycles. The molecule has 13 aromatic rings. The molecule has 0 saturated carbocycles. The van der Waals surface area contributed by atoms with E-state index in [9.17, 15) is 0 Å². The zero-order valence-corrected chi connectivity index (χ0v) is 60.7. The standard InChI is InChI=1S/C94H86B2N6/c1-91(2,3)63-41-49-71(50-42-63)97(72-51-43-64(44-52-72)92(4,5)6)75-57-85-89-87(59-75)101(69-33-21-15-22-34-69)83-61-80-84(62-79(83)95(89)77-37-25-27-39-81(77)99(85)67-29-17-13-18-30-67)102(70-35-23-16-24-36-70)88-60-76(58-86-90(88)96(80)78-38-26-28-40-82(78)100(86)68-31-19-14-20-32-68)98(73-53-45-65(46-54-73)93(7,8)9)74-55-47-66(48-56-74)94(10,11)12/h13-62H,1-12H3. The molecular formula is C94H86B2N6. The number of benzene rings is 13. The fraction of sp³-hybridized carbons (Fsp3) is 0.170. The molecule has 0 fully saturated rings. The van der Waals surface area contributed by atoms with Gasteiger partial charge in [0.2, 0.25) is 0 Å². The Bertz CT molecular complexity index is 4870. The molecule has 13 aromatic carbocycles. The highest BCUT2D eigenvalue weighted by Crippen LogP contribution is 2.53. The van der Waals surface area contributed by atoms with Crippen molar-refractivity contribution in [1.29, 1.82) is 0 Å². The third-order valence-corrected chi connectivity index (χ3v) is 21.6. The molecule has 102 heavy (non-hydrogen) atoms. The molecule has 498 valence electrons. The van der Waals surface area contributed by atoms with Gasteiger partial charge < -0.3 is 29.4 Å². The van der Waals surface area contributed by atoms with Gasteiger partial charge in [-0.25, -0.2) is 0 Å². The van der Waals surface area contributed by atoms with E-state index in [4.69, 9.17) is 0 Å². The van der Waals surface area contributed by atoms with Crippen LogP contribution in [0.5, 0.6) is 0 Å². The molecule has 0 amide bonds. The van der Waals surface area contributed by atoms with Gasteiger partial charge in [0.1, 0.15) is 0 Å². The minimum atomic E-state index is -0.193. The maximum atomic E-state index is 2.61. The van der Waals surface area contributed by atoms with E-state index >= 15 is 0 Å². The summed E-state index contributed by atoms with van der Waals surface area (Å²) in [5.41, 5.74) is 32.6. The smallest absolute Gasteiger partial charge is 0.252 e. The lowest BCUT2D eigenvalue weighted by Gasteiger charge is -2.48. The Kier molecular flexibility index (Phi) is 15.3. The Morgan fingerprint density at radius 3 is 0.676 bits per heavy atom. The van der Waals surface area contributed by atoms with Crippen LogP contribution >= 0.6 is 0 Å². The highest BCUT2D eigenvalue weighted by atomic mass is 15.2. The van der Waals surface area contributed by atoms with Crippen molar-refractivity contribution < 1.29 is 0 Å². The number of hydrogen-bond acceptors (Lipinski definition) is 6. The normalized spacial score (nSPS) is 13.6. The SMILES string of the molecule is CC(C)(C)c1ccc(N(c2ccc(C(C)(C)C)cc2)c2cc3c4c(c2)N(c2ccccc2)c2cc5c(cc2B4c2ccccc2N3c2ccccc2)N(c2ccccc2)c2cc(N(c3ccc(C(C)(C)C)cc3)c3ccc(C(C)(C)C)cc3)cc3c2B5c2ccccc2N3c2ccccc2)cc1. The largest absolute Gasteiger partial charge is 0.311 e. The third kappa shape index (κ3) is 10.9. The van der Waals surface area contributed by atoms with Crippen molar-refractivity contribution in [3.05, 3.63) is 326 Å². The van der Waals surface area contributed by atoms with E-state index in [1.807, 2.05) is 0 Å². The minimum absolute atomic E-state index is 0.0271. The molecule has 0 spiro atoms. The number of para-hydroxylation sites is 6. The number of anilines is 18. The van der Waals surface area contributed by atoms with Crippen molar-refractivity contribution in [2.75, 3.05) is 29.4 Å². The predicted octanol–water partition coefficient (Wildman–Crippen LogP) is 22.0. The molecule has 0 saturated heterocycles. The Hall–Kier alpha value is -11.2. The van der Waals surface area contributed by atoms with Gasteiger partial charge in [-0.2, -0.15) is 0 Å². The third-order valence-electron chi connectivity index (χ3n) is 21.6. The van der Waals surface area contributed by atoms with Crippen LogP contribution in [0, 0.1) is 0 Å². The van der Waals surface area contributed by atoms with Crippen LogP contribution in [0.2, 0.25) is 0 Å². The van der Waals surface area contributed by atoms with Gasteiger partial charge in [0, 0.05) is 91.0 Å². The fourth-order valence-corrected chi connectivity index (χ4v) is 16.4. The summed E-state index contributed by atoms with van der Waals surface area (Å²) in [6.07, 6.45) is 0. The van der Waals surface area contributed by atoms with Gasteiger partial charge in [-0.15, -0.1) is 0 Å². The molecule has 0 unspecified atom stereocenters. The number of hydrogen-bond donors (Lipinski definition) is 0. The van der Waals surface area contributed by atoms with Gasteiger partial charge >= 0.3 is 0 Å². The summed E-state index contributed by atoms with van der Waals surface area (Å²) in [6.45, 7) is 27.2. The summed E-state index contributed by atoms with van der Waals surface area (Å²) in [6, 6.07) is 115. The van der Waals surface area contributed by atoms with Crippen molar-refractivity contribution in [2.45, 2.75) is 105 Å². The van der Waals surface area contributed by atoms with E-state index in [2.05, 4.69) is 416 Å². The van der Waals surface area contributed by atoms with Crippen molar-refractivity contribution >= 4 is 149 Å². The van der Waals surface area contributed by atoms with Crippen LogP contribution in [0.25, 0.3) is 0 Å². The van der Waals surface area contributed by atoms with E-state index in [0.29, 0.717) is 0 Å². The molecule has 8 heteroatoms. The molecule has 4 aliphatic rings. The van der Waals surface area contributed by atoms with Gasteiger partial charge in [-0.1, -0.05) is 241 Å². The van der Waals surface area contributed by atoms with E-state index in [0.717, 1.165) is 102 Å². The van der Waals surface area contributed by atoms with Gasteiger partial charge in [0.05, 0.1) is 11.4 Å². The molecule has 4 heterocycles. The van der Waals surface area contributed by atoms with Gasteiger partial charge in [0.25, 0.3) is 13.4 Å². The average molecular weight is 1320 g/mol. The van der Waals surface area contributed by atoms with E-state index in [1.54, 1.807) is 0 Å². The predicted molar refractivity (Wildman–Crippen MR) is 439 cm³/mol. The molecule has 0 atom stereocenters. The lowest BCUT2D eigenvalue weighted by molar-refractivity contribution is 0.590. The molecule has 0 aromatic heterocycles. The summed E-state index contributed by atoms with van der Waals surface area (Å²) in [5.74, 6) is 0. The summed E-state index contributed by atoms with van der Waals surface area (Å²) < 4.78 is 0. The lowest BCUT2D eigenvalue weighted by Crippen LogP contribution is -2.64. The van der Waals surface area contributed by atoms with Crippen LogP contribution in [0.15, 0.2) is 303 Å². The Labute approximate surface area is 604 Å². The first kappa shape index (κ1) is 64.2. The van der Waals surface area contributed by atoms with Crippen LogP contribution in [0.1, 0.15) is 105 Å². The Morgan fingerprint density at radius 1 is 0.206 bits per heavy atom. The average Bonchev–Trinajstić information content (AvgIpc) is 0.684. The molecule has 17 rings (SSSR count). The van der Waals surface area contributed by atoms with Crippen LogP contribution in [0.3, 0.4) is 0 Å². The monoisotopic (exact) mass is 1320 g/mol. The second kappa shape index (κ2) is 24.3. The van der Waals surface area contributed by atoms with Crippen molar-refractivity contribution in [3.63, 3.8) is 0 Å². The van der Waals surface area contributed by atoms with Gasteiger partial charge in [0.15, 0.2) is 0 Å². The molecule has 0 bridgehead atoms. The molecule has 0 radical (unpaired) electrons. The summed E-state index contributed by atoms with van der Waals surface area (Å²) >= 11 is 0. The number of nitrogens with zero attached hydrogens (tertiary/aromatic N) is 6. The highest BCUT2D eigenvalue weighted by molar-refractivity contribution is 7.02. The first-order valence-corrected chi connectivity index (χ1v) is 36.3. The zero-order valence-electron chi connectivity index (χ0n) is 60.7. The van der Waals surface area contributed by atoms with Crippen LogP contribution in [0.4, 0.5) is 102 Å². The van der Waals surface area contributed by atoms with Gasteiger partial charge in [-0.05, 0) is 222 Å². The number of fused-ring (bicyclic) bond motifs is 8. The fourth-order valence-electron chi connectivity index (χ4n) is 16.4. The summed E-state index contributed by atoms with van der Waals surface area (Å²) in [4.78, 5) is 15.3. The Morgan fingerprint density at radius 2 is 0.431 bits per heavy atom. The summed E-state index contributed by atoms with van der Waals surface area (Å²) in [7, 11) is 0. The van der Waals surface area contributed by atoms with Crippen molar-refractivity contribution in [2.24, 2.45) is 0 Å². The number of rotatable bonds is 10. The van der Waals surface area contributed by atoms with Crippen molar-refractivity contribution in [3.8, 4) is 0 Å². The van der Waals surface area contributed by atoms with Crippen LogP contribution in [-0.4, -0.2) is 13.4 Å². The molecule has 6 nitrogen and oxygen atoms in total. The van der Waals surface area contributed by atoms with E-state index in [1.165, 1.54) is 55.0 Å². The maximum Gasteiger partial charge on any atom is 0.252 e. The summed E-state index contributed by atoms with van der Waals surface area (Å²) in [5, 5.41) is 0. The minimum Gasteiger partial charge on any atom is -0.311 e. The molecule has 0 N–H and O–H groups in total. The lowest BCUT2D eigenvalue weighted by atomic mass is 9.31. The Balaban J connectivity index is 0.971.